The van der Waals surface area contributed by atoms with Gasteiger partial charge in [-0.15, -0.1) is 0 Å². The van der Waals surface area contributed by atoms with E-state index in [0.717, 1.165) is 78.6 Å². The Morgan fingerprint density at radius 1 is 0.220 bits per heavy atom. The van der Waals surface area contributed by atoms with Gasteiger partial charge in [-0.3, -0.25) is 0 Å². The predicted octanol–water partition coefficient (Wildman–Crippen LogP) is 18.4. The number of hydrogen-bond acceptors (Lipinski definition) is 4. The molecule has 4 aromatic heterocycles. The van der Waals surface area contributed by atoms with Gasteiger partial charge in [-0.25, -0.2) is 19.9 Å². The molecule has 1 unspecified atom stereocenters. The summed E-state index contributed by atoms with van der Waals surface area (Å²) in [4.78, 5) is 21.7. The van der Waals surface area contributed by atoms with Crippen LogP contribution in [0.2, 0.25) is 0 Å². The van der Waals surface area contributed by atoms with Gasteiger partial charge in [0.1, 0.15) is 0 Å². The Morgan fingerprint density at radius 3 is 0.976 bits per heavy atom. The Labute approximate surface area is 473 Å². The molecule has 4 heterocycles. The largest absolute Gasteiger partial charge is 0.309 e. The predicted molar refractivity (Wildman–Crippen MR) is 334 cm³/mol. The number of benzene rings is 11. The lowest BCUT2D eigenvalue weighted by Gasteiger charge is -2.42. The van der Waals surface area contributed by atoms with Gasteiger partial charge in [0.25, 0.3) is 0 Å². The Kier molecular flexibility index (Phi) is 10.3. The van der Waals surface area contributed by atoms with Crippen LogP contribution < -0.4 is 0 Å². The molecule has 82 heavy (non-hydrogen) atoms. The molecule has 0 fully saturated rings. The molecule has 0 amide bonds. The van der Waals surface area contributed by atoms with E-state index in [4.69, 9.17) is 19.9 Å². The smallest absolute Gasteiger partial charge is 0.160 e. The molecule has 382 valence electrons. The molecule has 0 saturated carbocycles. The average molecular weight is 1050 g/mol. The number of fused-ring (bicyclic) bond motifs is 6. The topological polar surface area (TPSA) is 61.4 Å². The Bertz CT molecular complexity index is 4720. The molecule has 0 N–H and O–H groups in total. The first-order valence-corrected chi connectivity index (χ1v) is 28.1. The molecule has 18 rings (SSSR count). The van der Waals surface area contributed by atoms with E-state index in [1.165, 1.54) is 66.0 Å². The summed E-state index contributed by atoms with van der Waals surface area (Å²) >= 11 is 0. The number of para-hydroxylation sites is 4. The molecule has 3 aliphatic rings. The van der Waals surface area contributed by atoms with Crippen molar-refractivity contribution in [3.63, 3.8) is 0 Å². The van der Waals surface area contributed by atoms with Crippen LogP contribution in [0.4, 0.5) is 0 Å². The first kappa shape index (κ1) is 46.1. The van der Waals surface area contributed by atoms with Crippen molar-refractivity contribution >= 4 is 43.6 Å². The molecule has 6 heteroatoms. The standard InChI is InChI=1S/C76H48N6/c1-5-19-47(20-6-1)65-45-67(49-35-39-71-61(41-49)55-27-15-17-31-69(55)81(71)53-23-9-3-10-24-53)79-75(77-65)51-33-37-59-63(43-51)73-57-29-13-14-30-58(57)74(59)64-44-52(34-38-60(64)73)76-78-66(48-21-7-2-8-22-48)46-68(80-76)50-36-40-72-62(42-50)56-28-16-18-32-70(56)82(72)54-25-11-4-12-26-54/h1-46,73-74H/t73-,74?/m1/s1. The minimum Gasteiger partial charge on any atom is -0.309 e. The molecule has 0 aliphatic heterocycles. The number of hydrogen-bond donors (Lipinski definition) is 0. The van der Waals surface area contributed by atoms with E-state index in [2.05, 4.69) is 288 Å². The summed E-state index contributed by atoms with van der Waals surface area (Å²) in [5.74, 6) is 1.42. The normalized spacial score (nSPS) is 14.1. The van der Waals surface area contributed by atoms with E-state index in [1.54, 1.807) is 0 Å². The van der Waals surface area contributed by atoms with Gasteiger partial charge in [0.05, 0.1) is 44.8 Å². The number of rotatable bonds is 8. The second-order valence-electron chi connectivity index (χ2n) is 21.7. The van der Waals surface area contributed by atoms with E-state index in [-0.39, 0.29) is 11.8 Å². The summed E-state index contributed by atoms with van der Waals surface area (Å²) in [5.41, 5.74) is 24.5. The third kappa shape index (κ3) is 7.28. The summed E-state index contributed by atoms with van der Waals surface area (Å²) in [6, 6.07) is 100. The second-order valence-corrected chi connectivity index (χ2v) is 21.7. The molecular weight excluding hydrogens is 997 g/mol. The van der Waals surface area contributed by atoms with Crippen LogP contribution in [0, 0.1) is 0 Å². The zero-order valence-electron chi connectivity index (χ0n) is 44.4. The molecule has 6 nitrogen and oxygen atoms in total. The molecular formula is C76H48N6. The monoisotopic (exact) mass is 1040 g/mol. The molecule has 11 aromatic carbocycles. The van der Waals surface area contributed by atoms with Crippen molar-refractivity contribution in [2.75, 3.05) is 0 Å². The van der Waals surface area contributed by atoms with Gasteiger partial charge in [0.2, 0.25) is 0 Å². The highest BCUT2D eigenvalue weighted by atomic mass is 15.0. The van der Waals surface area contributed by atoms with Gasteiger partial charge < -0.3 is 9.13 Å². The molecule has 3 aliphatic carbocycles. The second kappa shape index (κ2) is 18.4. The molecule has 15 aromatic rings. The van der Waals surface area contributed by atoms with Gasteiger partial charge in [-0.05, 0) is 118 Å². The van der Waals surface area contributed by atoms with Crippen LogP contribution in [0.5, 0.6) is 0 Å². The lowest BCUT2D eigenvalue weighted by molar-refractivity contribution is 0.754. The van der Waals surface area contributed by atoms with Crippen LogP contribution in [0.15, 0.2) is 279 Å². The minimum absolute atomic E-state index is 0.0122. The number of aromatic nitrogens is 6. The van der Waals surface area contributed by atoms with Gasteiger partial charge in [0, 0.05) is 78.1 Å². The van der Waals surface area contributed by atoms with Crippen molar-refractivity contribution in [2.45, 2.75) is 11.8 Å². The van der Waals surface area contributed by atoms with Crippen LogP contribution in [-0.4, -0.2) is 29.1 Å². The summed E-state index contributed by atoms with van der Waals surface area (Å²) < 4.78 is 4.71. The highest BCUT2D eigenvalue weighted by Gasteiger charge is 2.41. The maximum Gasteiger partial charge on any atom is 0.160 e. The fourth-order valence-electron chi connectivity index (χ4n) is 13.4. The average Bonchev–Trinajstić information content (AvgIpc) is 1.90. The summed E-state index contributed by atoms with van der Waals surface area (Å²) in [6.07, 6.45) is 0. The van der Waals surface area contributed by atoms with E-state index >= 15 is 0 Å². The van der Waals surface area contributed by atoms with Crippen LogP contribution in [0.1, 0.15) is 45.2 Å². The van der Waals surface area contributed by atoms with Crippen molar-refractivity contribution < 1.29 is 0 Å². The quantitative estimate of drug-likeness (QED) is 0.152. The van der Waals surface area contributed by atoms with E-state index < -0.39 is 0 Å². The third-order valence-electron chi connectivity index (χ3n) is 17.1. The Hall–Kier alpha value is -10.8. The van der Waals surface area contributed by atoms with Gasteiger partial charge in [-0.1, -0.05) is 194 Å². The Balaban J connectivity index is 0.783. The first-order valence-electron chi connectivity index (χ1n) is 28.1. The van der Waals surface area contributed by atoms with Gasteiger partial charge in [0.15, 0.2) is 11.6 Å². The lowest BCUT2D eigenvalue weighted by atomic mass is 9.61. The highest BCUT2D eigenvalue weighted by Crippen LogP contribution is 2.57. The molecule has 0 radical (unpaired) electrons. The van der Waals surface area contributed by atoms with Crippen molar-refractivity contribution in [3.05, 3.63) is 312 Å². The maximum absolute atomic E-state index is 5.46. The van der Waals surface area contributed by atoms with Crippen LogP contribution >= 0.6 is 0 Å². The van der Waals surface area contributed by atoms with Crippen molar-refractivity contribution in [3.8, 4) is 79.2 Å². The van der Waals surface area contributed by atoms with Crippen LogP contribution in [0.3, 0.4) is 0 Å². The van der Waals surface area contributed by atoms with E-state index in [9.17, 15) is 0 Å². The molecule has 2 bridgehead atoms. The number of nitrogens with zero attached hydrogens (tertiary/aromatic N) is 6. The summed E-state index contributed by atoms with van der Waals surface area (Å²) in [5, 5.41) is 4.77. The summed E-state index contributed by atoms with van der Waals surface area (Å²) in [6.45, 7) is 0. The van der Waals surface area contributed by atoms with Crippen molar-refractivity contribution in [2.24, 2.45) is 0 Å². The van der Waals surface area contributed by atoms with E-state index in [0.29, 0.717) is 11.6 Å². The zero-order chi connectivity index (χ0) is 53.8. The fraction of sp³-hybridized carbons (Fsp3) is 0.0263. The third-order valence-corrected chi connectivity index (χ3v) is 17.1. The van der Waals surface area contributed by atoms with Crippen molar-refractivity contribution in [1.29, 1.82) is 0 Å². The molecule has 2 atom stereocenters. The minimum atomic E-state index is 0.0122. The molecule has 0 saturated heterocycles. The van der Waals surface area contributed by atoms with Gasteiger partial charge >= 0.3 is 0 Å². The first-order chi connectivity index (χ1) is 40.6. The van der Waals surface area contributed by atoms with Crippen molar-refractivity contribution in [1.82, 2.24) is 29.1 Å². The SMILES string of the molecule is c1ccc(-c2cc(-c3ccc4c(c3)c3ccccc3n4-c3ccccc3)nc(-c3ccc4c(c3)C3c5ccccc5[C@H]4c4cc(-c5nc(-c6ccccc6)cc(-c6ccc7c(c6)c6ccccc6n7-c6ccccc6)n5)ccc43)n2)cc1. The zero-order valence-corrected chi connectivity index (χ0v) is 44.4. The van der Waals surface area contributed by atoms with E-state index in [1.807, 2.05) is 0 Å². The van der Waals surface area contributed by atoms with Gasteiger partial charge in [-0.2, -0.15) is 0 Å². The summed E-state index contributed by atoms with van der Waals surface area (Å²) in [7, 11) is 0. The van der Waals surface area contributed by atoms with Crippen LogP contribution in [0.25, 0.3) is 123 Å². The highest BCUT2D eigenvalue weighted by molar-refractivity contribution is 6.11. The fourth-order valence-corrected chi connectivity index (χ4v) is 13.4. The Morgan fingerprint density at radius 2 is 0.549 bits per heavy atom. The lowest BCUT2D eigenvalue weighted by Crippen LogP contribution is -2.27. The molecule has 0 spiro atoms. The maximum atomic E-state index is 5.46. The van der Waals surface area contributed by atoms with Crippen LogP contribution in [-0.2, 0) is 0 Å².